The van der Waals surface area contributed by atoms with Crippen LogP contribution in [0.5, 0.6) is 0 Å². The second kappa shape index (κ2) is 10.9. The summed E-state index contributed by atoms with van der Waals surface area (Å²) in [4.78, 5) is 60.6. The number of rotatable bonds is 6. The minimum atomic E-state index is -1.18. The molecule has 11 nitrogen and oxygen atoms in total. The van der Waals surface area contributed by atoms with Crippen molar-refractivity contribution in [3.05, 3.63) is 41.1 Å². The van der Waals surface area contributed by atoms with E-state index in [1.165, 1.54) is 26.2 Å². The molecule has 200 valence electrons. The van der Waals surface area contributed by atoms with E-state index in [9.17, 15) is 19.2 Å². The summed E-state index contributed by atoms with van der Waals surface area (Å²) in [6.07, 6.45) is 0.0485. The molecular formula is C26H27BrN4O7. The van der Waals surface area contributed by atoms with Gasteiger partial charge in [-0.05, 0) is 25.0 Å². The third-order valence-corrected chi connectivity index (χ3v) is 7.34. The second-order valence-electron chi connectivity index (χ2n) is 8.66. The van der Waals surface area contributed by atoms with Crippen LogP contribution in [0, 0.1) is 11.8 Å². The highest BCUT2D eigenvalue weighted by molar-refractivity contribution is 9.09. The number of esters is 3. The molecule has 1 N–H and O–H groups in total. The average Bonchev–Trinajstić information content (AvgIpc) is 3.44. The first-order valence-electron chi connectivity index (χ1n) is 11.8. The molecule has 2 unspecified atom stereocenters. The summed E-state index contributed by atoms with van der Waals surface area (Å²) in [5, 5.41) is 3.23. The fourth-order valence-electron chi connectivity index (χ4n) is 5.53. The van der Waals surface area contributed by atoms with E-state index in [2.05, 4.69) is 38.1 Å². The van der Waals surface area contributed by atoms with Crippen LogP contribution < -0.4 is 10.2 Å². The number of carbonyl (C=O) groups is 4. The zero-order chi connectivity index (χ0) is 27.6. The van der Waals surface area contributed by atoms with Crippen LogP contribution >= 0.6 is 15.9 Å². The van der Waals surface area contributed by atoms with E-state index < -0.39 is 41.4 Å². The Bertz CT molecular complexity index is 1310. The Morgan fingerprint density at radius 1 is 1.13 bits per heavy atom. The van der Waals surface area contributed by atoms with Gasteiger partial charge >= 0.3 is 23.9 Å². The molecule has 4 rings (SSSR count). The monoisotopic (exact) mass is 586 g/mol. The van der Waals surface area contributed by atoms with Gasteiger partial charge in [0, 0.05) is 17.6 Å². The van der Waals surface area contributed by atoms with Crippen molar-refractivity contribution in [1.29, 1.82) is 0 Å². The van der Waals surface area contributed by atoms with Crippen LogP contribution in [0.1, 0.15) is 18.9 Å². The van der Waals surface area contributed by atoms with Gasteiger partial charge in [0.2, 0.25) is 0 Å². The first kappa shape index (κ1) is 27.2. The van der Waals surface area contributed by atoms with E-state index in [1.54, 1.807) is 6.92 Å². The molecular weight excluding hydrogens is 560 g/mol. The third kappa shape index (κ3) is 4.01. The summed E-state index contributed by atoms with van der Waals surface area (Å²) < 4.78 is 15.2. The number of anilines is 1. The lowest BCUT2D eigenvalue weighted by molar-refractivity contribution is -0.144. The van der Waals surface area contributed by atoms with Crippen molar-refractivity contribution in [2.24, 2.45) is 4.99 Å². The molecule has 2 amide bonds. The van der Waals surface area contributed by atoms with Gasteiger partial charge in [0.25, 0.3) is 0 Å². The predicted octanol–water partition coefficient (Wildman–Crippen LogP) is 1.50. The van der Waals surface area contributed by atoms with Crippen molar-refractivity contribution < 1.29 is 33.4 Å². The van der Waals surface area contributed by atoms with Gasteiger partial charge in [-0.15, -0.1) is 5.92 Å². The van der Waals surface area contributed by atoms with E-state index in [0.29, 0.717) is 5.33 Å². The number of amides is 2. The van der Waals surface area contributed by atoms with Crippen LogP contribution in [0.15, 0.2) is 40.5 Å². The number of carbonyl (C=O) groups excluding carboxylic acids is 4. The van der Waals surface area contributed by atoms with E-state index in [1.807, 2.05) is 29.2 Å². The fraction of sp³-hybridized carbons (Fsp3) is 0.423. The average molecular weight is 587 g/mol. The first-order valence-corrected chi connectivity index (χ1v) is 12.9. The molecule has 3 aliphatic heterocycles. The van der Waals surface area contributed by atoms with Crippen LogP contribution in [-0.4, -0.2) is 86.5 Å². The van der Waals surface area contributed by atoms with Gasteiger partial charge in [0.1, 0.15) is 11.9 Å². The number of nitrogens with zero attached hydrogens (tertiary/aromatic N) is 3. The van der Waals surface area contributed by atoms with Crippen LogP contribution in [0.4, 0.5) is 10.5 Å². The number of alkyl halides is 1. The number of hydrogen-bond donors (Lipinski definition) is 1. The molecule has 1 aromatic rings. The van der Waals surface area contributed by atoms with Gasteiger partial charge in [-0.25, -0.2) is 24.2 Å². The van der Waals surface area contributed by atoms with Crippen molar-refractivity contribution in [2.75, 3.05) is 44.6 Å². The third-order valence-electron chi connectivity index (χ3n) is 6.95. The quantitative estimate of drug-likeness (QED) is 0.230. The van der Waals surface area contributed by atoms with E-state index >= 15 is 0 Å². The Balaban J connectivity index is 2.09. The van der Waals surface area contributed by atoms with Crippen molar-refractivity contribution >= 4 is 51.4 Å². The number of halogens is 1. The SMILES string of the molecule is CC#CCN1c2ccccc2[C@]23CC(C(=O)OC)N(C(=O)NCCBr)C2=NC(C(=O)OC)=C(C(=O)OC)C13. The molecule has 1 aromatic carbocycles. The minimum absolute atomic E-state index is 0.0384. The summed E-state index contributed by atoms with van der Waals surface area (Å²) in [5.41, 5.74) is -0.0643. The molecule has 0 aliphatic carbocycles. The molecule has 1 fully saturated rings. The molecule has 0 bridgehead atoms. The van der Waals surface area contributed by atoms with E-state index in [-0.39, 0.29) is 36.6 Å². The molecule has 0 aromatic heterocycles. The van der Waals surface area contributed by atoms with Crippen LogP contribution in [0.3, 0.4) is 0 Å². The molecule has 1 saturated heterocycles. The fourth-order valence-corrected chi connectivity index (χ4v) is 5.73. The van der Waals surface area contributed by atoms with Crippen molar-refractivity contribution in [2.45, 2.75) is 30.8 Å². The van der Waals surface area contributed by atoms with Gasteiger partial charge in [0.15, 0.2) is 5.70 Å². The molecule has 3 atom stereocenters. The normalized spacial score (nSPS) is 22.8. The Hall–Kier alpha value is -3.85. The minimum Gasteiger partial charge on any atom is -0.467 e. The molecule has 0 saturated carbocycles. The summed E-state index contributed by atoms with van der Waals surface area (Å²) in [7, 11) is 3.61. The highest BCUT2D eigenvalue weighted by atomic mass is 79.9. The van der Waals surface area contributed by atoms with Crippen LogP contribution in [-0.2, 0) is 34.0 Å². The molecule has 3 heterocycles. The zero-order valence-electron chi connectivity index (χ0n) is 21.4. The van der Waals surface area contributed by atoms with E-state index in [0.717, 1.165) is 11.3 Å². The maximum atomic E-state index is 13.5. The number of methoxy groups -OCH3 is 3. The van der Waals surface area contributed by atoms with Gasteiger partial charge in [-0.2, -0.15) is 0 Å². The van der Waals surface area contributed by atoms with Gasteiger partial charge in [0.05, 0.1) is 44.9 Å². The number of hydrogen-bond acceptors (Lipinski definition) is 9. The summed E-state index contributed by atoms with van der Waals surface area (Å²) in [6.45, 7) is 2.16. The number of para-hydroxylation sites is 1. The number of fused-ring (bicyclic) bond motifs is 1. The summed E-state index contributed by atoms with van der Waals surface area (Å²) >= 11 is 3.29. The number of urea groups is 1. The highest BCUT2D eigenvalue weighted by Crippen LogP contribution is 2.57. The second-order valence-corrected chi connectivity index (χ2v) is 9.45. The topological polar surface area (TPSA) is 127 Å². The molecule has 1 spiro atoms. The van der Waals surface area contributed by atoms with Crippen LogP contribution in [0.25, 0.3) is 0 Å². The predicted molar refractivity (Wildman–Crippen MR) is 141 cm³/mol. The maximum absolute atomic E-state index is 13.5. The lowest BCUT2D eigenvalue weighted by atomic mass is 9.69. The first-order chi connectivity index (χ1) is 18.3. The van der Waals surface area contributed by atoms with Crippen LogP contribution in [0.2, 0.25) is 0 Å². The molecule has 3 aliphatic rings. The number of nitrogens with one attached hydrogen (secondary N) is 1. The van der Waals surface area contributed by atoms with E-state index in [4.69, 9.17) is 14.2 Å². The zero-order valence-corrected chi connectivity index (χ0v) is 23.0. The van der Waals surface area contributed by atoms with Crippen molar-refractivity contribution in [1.82, 2.24) is 10.2 Å². The lowest BCUT2D eigenvalue weighted by Gasteiger charge is -2.40. The van der Waals surface area contributed by atoms with Gasteiger partial charge < -0.3 is 24.4 Å². The lowest BCUT2D eigenvalue weighted by Crippen LogP contribution is -2.57. The molecule has 38 heavy (non-hydrogen) atoms. The largest absolute Gasteiger partial charge is 0.467 e. The van der Waals surface area contributed by atoms with Gasteiger partial charge in [-0.3, -0.25) is 4.90 Å². The Morgan fingerprint density at radius 2 is 1.84 bits per heavy atom. The summed E-state index contributed by atoms with van der Waals surface area (Å²) in [5.74, 6) is 3.72. The number of ether oxygens (including phenoxy) is 3. The highest BCUT2D eigenvalue weighted by Gasteiger charge is 2.67. The Labute approximate surface area is 228 Å². The van der Waals surface area contributed by atoms with Gasteiger partial charge in [-0.1, -0.05) is 40.0 Å². The standard InChI is InChI=1S/C26H27BrN4O7/c1-5-6-13-30-16-10-8-7-9-15(16)26-14-17(21(32)36-2)31(25(35)28-12-11-27)24(26)29-19(23(34)38-4)18(20(26)30)22(33)37-3/h7-10,17,20H,11-14H2,1-4H3,(H,28,35)/t17?,20?,26-/m0/s1. The number of benzene rings is 1. The molecule has 12 heteroatoms. The molecule has 0 radical (unpaired) electrons. The number of amidine groups is 1. The Morgan fingerprint density at radius 3 is 2.47 bits per heavy atom. The number of likely N-dealkylation sites (tertiary alicyclic amines) is 1. The smallest absolute Gasteiger partial charge is 0.357 e. The maximum Gasteiger partial charge on any atom is 0.357 e. The van der Waals surface area contributed by atoms with Crippen molar-refractivity contribution in [3.63, 3.8) is 0 Å². The number of aliphatic imine (C=N–C) groups is 1. The Kier molecular flexibility index (Phi) is 7.78. The van der Waals surface area contributed by atoms with Crippen molar-refractivity contribution in [3.8, 4) is 11.8 Å². The summed E-state index contributed by atoms with van der Waals surface area (Å²) in [6, 6.07) is 4.84.